The van der Waals surface area contributed by atoms with E-state index in [2.05, 4.69) is 21.5 Å². The number of thioether (sulfide) groups is 2. The normalized spacial score (nSPS) is 12.2. The monoisotopic (exact) mass is 373 g/mol. The van der Waals surface area contributed by atoms with Gasteiger partial charge in [-0.1, -0.05) is 25.6 Å². The second-order valence-corrected chi connectivity index (χ2v) is 7.87. The van der Waals surface area contributed by atoms with Gasteiger partial charge in [0.25, 0.3) is 0 Å². The van der Waals surface area contributed by atoms with E-state index < -0.39 is 12.0 Å². The molecule has 0 saturated heterocycles. The molecule has 1 rings (SSSR count). The van der Waals surface area contributed by atoms with E-state index in [4.69, 9.17) is 4.74 Å². The number of hydrogen-bond acceptors (Lipinski definition) is 6. The second-order valence-electron chi connectivity index (χ2n) is 5.92. The minimum Gasteiger partial charge on any atom is -0.467 e. The molecule has 2 N–H and O–H groups in total. The van der Waals surface area contributed by atoms with E-state index in [9.17, 15) is 9.59 Å². The van der Waals surface area contributed by atoms with E-state index in [1.54, 1.807) is 11.8 Å². The highest BCUT2D eigenvalue weighted by Crippen LogP contribution is 2.18. The lowest BCUT2D eigenvalue weighted by Crippen LogP contribution is -2.43. The van der Waals surface area contributed by atoms with Crippen LogP contribution in [0.4, 0.5) is 0 Å². The van der Waals surface area contributed by atoms with E-state index >= 15 is 0 Å². The average Bonchev–Trinajstić information content (AvgIpc) is 2.89. The van der Waals surface area contributed by atoms with Gasteiger partial charge in [-0.05, 0) is 31.3 Å². The van der Waals surface area contributed by atoms with Crippen molar-refractivity contribution in [2.75, 3.05) is 24.9 Å². The summed E-state index contributed by atoms with van der Waals surface area (Å²) in [5.74, 6) is 0.909. The van der Waals surface area contributed by atoms with Gasteiger partial charge in [0.1, 0.15) is 6.04 Å². The summed E-state index contributed by atoms with van der Waals surface area (Å²) in [6.07, 6.45) is 3.54. The van der Waals surface area contributed by atoms with Gasteiger partial charge < -0.3 is 15.0 Å². The Bertz CT molecular complexity index is 547. The Morgan fingerprint density at radius 1 is 1.38 bits per heavy atom. The third-order valence-corrected chi connectivity index (χ3v) is 4.86. The fourth-order valence-electron chi connectivity index (χ4n) is 2.18. The van der Waals surface area contributed by atoms with Gasteiger partial charge in [0.2, 0.25) is 5.91 Å². The summed E-state index contributed by atoms with van der Waals surface area (Å²) >= 11 is 3.12. The largest absolute Gasteiger partial charge is 0.467 e. The maximum Gasteiger partial charge on any atom is 0.328 e. The molecule has 0 aromatic carbocycles. The minimum absolute atomic E-state index is 0.198. The maximum absolute atomic E-state index is 12.1. The topological polar surface area (TPSA) is 84.1 Å². The lowest BCUT2D eigenvalue weighted by atomic mass is 10.0. The number of carbonyl (C=O) groups is 2. The number of carbonyl (C=O) groups excluding carboxylic acids is 2. The summed E-state index contributed by atoms with van der Waals surface area (Å²) in [7, 11) is 1.33. The number of ether oxygens (including phenoxy) is 1. The van der Waals surface area contributed by atoms with Crippen LogP contribution in [0.3, 0.4) is 0 Å². The molecule has 136 valence electrons. The van der Waals surface area contributed by atoms with Gasteiger partial charge >= 0.3 is 5.97 Å². The first-order valence-corrected chi connectivity index (χ1v) is 10.3. The van der Waals surface area contributed by atoms with Crippen molar-refractivity contribution >= 4 is 35.4 Å². The number of nitrogens with one attached hydrogen (secondary N) is 2. The number of amides is 1. The van der Waals surface area contributed by atoms with Crippen LogP contribution in [0.5, 0.6) is 0 Å². The number of methoxy groups -OCH3 is 1. The molecule has 0 aliphatic heterocycles. The summed E-state index contributed by atoms with van der Waals surface area (Å²) in [5.41, 5.74) is 2.08. The van der Waals surface area contributed by atoms with Gasteiger partial charge in [0.15, 0.2) is 5.16 Å². The molecular weight excluding hydrogens is 346 g/mol. The van der Waals surface area contributed by atoms with Crippen molar-refractivity contribution in [3.8, 4) is 0 Å². The van der Waals surface area contributed by atoms with Crippen LogP contribution in [0, 0.1) is 12.8 Å². The molecule has 0 bridgehead atoms. The molecule has 8 heteroatoms. The first-order valence-electron chi connectivity index (χ1n) is 7.91. The highest BCUT2D eigenvalue weighted by Gasteiger charge is 2.22. The molecule has 0 fully saturated rings. The van der Waals surface area contributed by atoms with Crippen LogP contribution in [0.1, 0.15) is 31.7 Å². The van der Waals surface area contributed by atoms with Crippen LogP contribution in [0.15, 0.2) is 5.16 Å². The third kappa shape index (κ3) is 7.17. The van der Waals surface area contributed by atoms with Gasteiger partial charge in [-0.3, -0.25) is 4.79 Å². The molecule has 0 radical (unpaired) electrons. The SMILES string of the molecule is COC(=O)C(CC(C)C)NC(=O)CSc1nc(CCSC)c(C)[nH]1. The lowest BCUT2D eigenvalue weighted by molar-refractivity contribution is -0.145. The Hall–Kier alpha value is -1.15. The van der Waals surface area contributed by atoms with Crippen LogP contribution in [-0.2, 0) is 20.7 Å². The number of rotatable bonds is 10. The predicted molar refractivity (Wildman–Crippen MR) is 99.5 cm³/mol. The molecule has 1 aromatic rings. The smallest absolute Gasteiger partial charge is 0.328 e. The van der Waals surface area contributed by atoms with Crippen molar-refractivity contribution in [1.29, 1.82) is 0 Å². The minimum atomic E-state index is -0.599. The number of H-pyrrole nitrogens is 1. The molecule has 0 spiro atoms. The van der Waals surface area contributed by atoms with Gasteiger partial charge in [-0.25, -0.2) is 9.78 Å². The van der Waals surface area contributed by atoms with E-state index in [0.29, 0.717) is 6.42 Å². The van der Waals surface area contributed by atoms with Crippen molar-refractivity contribution in [3.63, 3.8) is 0 Å². The number of aryl methyl sites for hydroxylation is 2. The fourth-order valence-corrected chi connectivity index (χ4v) is 3.32. The van der Waals surface area contributed by atoms with Crippen LogP contribution >= 0.6 is 23.5 Å². The quantitative estimate of drug-likeness (QED) is 0.484. The molecule has 1 heterocycles. The molecule has 1 aromatic heterocycles. The maximum atomic E-state index is 12.1. The van der Waals surface area contributed by atoms with Crippen molar-refractivity contribution in [3.05, 3.63) is 11.4 Å². The average molecular weight is 374 g/mol. The third-order valence-electron chi connectivity index (χ3n) is 3.37. The number of aromatic amines is 1. The molecule has 1 atom stereocenters. The van der Waals surface area contributed by atoms with Crippen molar-refractivity contribution < 1.29 is 14.3 Å². The Balaban J connectivity index is 2.53. The molecule has 1 unspecified atom stereocenters. The second kappa shape index (κ2) is 10.7. The summed E-state index contributed by atoms with van der Waals surface area (Å²) in [6.45, 7) is 5.99. The van der Waals surface area contributed by atoms with Gasteiger partial charge in [-0.15, -0.1) is 0 Å². The van der Waals surface area contributed by atoms with Crippen molar-refractivity contribution in [2.24, 2.45) is 5.92 Å². The summed E-state index contributed by atoms with van der Waals surface area (Å²) < 4.78 is 4.75. The fraction of sp³-hybridized carbons (Fsp3) is 0.688. The predicted octanol–water partition coefficient (Wildman–Crippen LogP) is 2.42. The lowest BCUT2D eigenvalue weighted by Gasteiger charge is -2.18. The van der Waals surface area contributed by atoms with Crippen LogP contribution in [0.2, 0.25) is 0 Å². The van der Waals surface area contributed by atoms with Crippen molar-refractivity contribution in [2.45, 2.75) is 44.8 Å². The Labute approximate surface area is 152 Å². The number of aromatic nitrogens is 2. The van der Waals surface area contributed by atoms with E-state index in [1.165, 1.54) is 18.9 Å². The molecular formula is C16H27N3O3S2. The Kier molecular flexibility index (Phi) is 9.28. The highest BCUT2D eigenvalue weighted by atomic mass is 32.2. The van der Waals surface area contributed by atoms with Crippen LogP contribution < -0.4 is 5.32 Å². The zero-order chi connectivity index (χ0) is 18.1. The molecule has 0 aliphatic rings. The number of hydrogen-bond donors (Lipinski definition) is 2. The number of nitrogens with zero attached hydrogens (tertiary/aromatic N) is 1. The van der Waals surface area contributed by atoms with Gasteiger partial charge in [-0.2, -0.15) is 11.8 Å². The summed E-state index contributed by atoms with van der Waals surface area (Å²) in [5, 5.41) is 3.48. The first-order chi connectivity index (χ1) is 11.4. The van der Waals surface area contributed by atoms with E-state index in [-0.39, 0.29) is 17.6 Å². The Morgan fingerprint density at radius 2 is 2.08 bits per heavy atom. The highest BCUT2D eigenvalue weighted by molar-refractivity contribution is 7.99. The van der Waals surface area contributed by atoms with E-state index in [0.717, 1.165) is 28.7 Å². The van der Waals surface area contributed by atoms with Gasteiger partial charge in [0, 0.05) is 12.1 Å². The van der Waals surface area contributed by atoms with Gasteiger partial charge in [0.05, 0.1) is 18.6 Å². The van der Waals surface area contributed by atoms with Crippen LogP contribution in [0.25, 0.3) is 0 Å². The van der Waals surface area contributed by atoms with Crippen molar-refractivity contribution in [1.82, 2.24) is 15.3 Å². The summed E-state index contributed by atoms with van der Waals surface area (Å²) in [6, 6.07) is -0.599. The molecule has 1 amide bonds. The molecule has 6 nitrogen and oxygen atoms in total. The zero-order valence-electron chi connectivity index (χ0n) is 15.0. The molecule has 0 aliphatic carbocycles. The standard InChI is InChI=1S/C16H27N3O3S2/c1-10(2)8-13(15(21)22-4)18-14(20)9-24-16-17-11(3)12(19-16)6-7-23-5/h10,13H,6-9H2,1-5H3,(H,17,19)(H,18,20). The first kappa shape index (κ1) is 20.9. The summed E-state index contributed by atoms with van der Waals surface area (Å²) in [4.78, 5) is 31.6. The zero-order valence-corrected chi connectivity index (χ0v) is 16.6. The molecule has 24 heavy (non-hydrogen) atoms. The van der Waals surface area contributed by atoms with E-state index in [1.807, 2.05) is 20.8 Å². The molecule has 0 saturated carbocycles. The number of imidazole rings is 1. The Morgan fingerprint density at radius 3 is 2.67 bits per heavy atom. The number of esters is 1. The van der Waals surface area contributed by atoms with Crippen LogP contribution in [-0.4, -0.2) is 52.8 Å².